The first kappa shape index (κ1) is 27.4. The Morgan fingerprint density at radius 1 is 0.975 bits per heavy atom. The molecule has 208 valence electrons. The summed E-state index contributed by atoms with van der Waals surface area (Å²) in [6.07, 6.45) is 0.675. The molecule has 40 heavy (non-hydrogen) atoms. The van der Waals surface area contributed by atoms with E-state index >= 15 is 0 Å². The molecule has 2 N–H and O–H groups in total. The van der Waals surface area contributed by atoms with Crippen LogP contribution in [0, 0.1) is 6.92 Å². The summed E-state index contributed by atoms with van der Waals surface area (Å²) in [4.78, 5) is 30.3. The molecule has 3 aromatic carbocycles. The number of ketones is 1. The summed E-state index contributed by atoms with van der Waals surface area (Å²) in [5, 5.41) is 21.2. The van der Waals surface area contributed by atoms with Gasteiger partial charge in [-0.1, -0.05) is 42.0 Å². The van der Waals surface area contributed by atoms with Crippen LogP contribution in [0.1, 0.15) is 34.7 Å². The van der Waals surface area contributed by atoms with Crippen molar-refractivity contribution >= 4 is 17.4 Å². The second-order valence-electron chi connectivity index (χ2n) is 10.2. The zero-order valence-corrected chi connectivity index (χ0v) is 22.6. The van der Waals surface area contributed by atoms with Crippen molar-refractivity contribution in [2.75, 3.05) is 39.4 Å². The predicted octanol–water partition coefficient (Wildman–Crippen LogP) is 4.42. The Labute approximate surface area is 234 Å². The van der Waals surface area contributed by atoms with E-state index in [9.17, 15) is 19.8 Å². The maximum absolute atomic E-state index is 13.3. The van der Waals surface area contributed by atoms with E-state index in [0.717, 1.165) is 30.8 Å². The fourth-order valence-corrected chi connectivity index (χ4v) is 5.24. The number of phenols is 1. The SMILES string of the molecule is Cc1cccc(COc2ccc(/C(O)=C3\C(=O)C(=O)N(CCCN4CCOCC4)C3c3ccc(O)cc3)cc2)c1. The monoisotopic (exact) mass is 542 g/mol. The Bertz CT molecular complexity index is 1380. The molecule has 0 bridgehead atoms. The standard InChI is InChI=1S/C32H34N2O6/c1-22-4-2-5-23(20-22)21-40-27-12-8-25(9-13-27)30(36)28-29(24-6-10-26(35)11-7-24)34(32(38)31(28)37)15-3-14-33-16-18-39-19-17-33/h2,4-13,20,29,35-36H,3,14-19,21H2,1H3/b30-28+. The van der Waals surface area contributed by atoms with Gasteiger partial charge in [-0.25, -0.2) is 0 Å². The molecule has 1 atom stereocenters. The van der Waals surface area contributed by atoms with Gasteiger partial charge in [-0.3, -0.25) is 14.5 Å². The van der Waals surface area contributed by atoms with Gasteiger partial charge in [0.05, 0.1) is 24.8 Å². The molecule has 0 aromatic heterocycles. The first-order valence-corrected chi connectivity index (χ1v) is 13.6. The summed E-state index contributed by atoms with van der Waals surface area (Å²) in [6, 6.07) is 20.5. The van der Waals surface area contributed by atoms with E-state index < -0.39 is 17.7 Å². The number of rotatable bonds is 9. The fraction of sp³-hybridized carbons (Fsp3) is 0.312. The molecule has 3 aromatic rings. The quantitative estimate of drug-likeness (QED) is 0.235. The van der Waals surface area contributed by atoms with Gasteiger partial charge in [-0.15, -0.1) is 0 Å². The highest BCUT2D eigenvalue weighted by atomic mass is 16.5. The van der Waals surface area contributed by atoms with E-state index in [-0.39, 0.29) is 17.1 Å². The number of benzene rings is 3. The number of aryl methyl sites for hydroxylation is 1. The molecule has 0 spiro atoms. The molecule has 5 rings (SSSR count). The van der Waals surface area contributed by atoms with Crippen molar-refractivity contribution in [3.8, 4) is 11.5 Å². The van der Waals surface area contributed by atoms with Crippen molar-refractivity contribution < 1.29 is 29.3 Å². The normalized spacial score (nSPS) is 19.2. The molecule has 2 aliphatic heterocycles. The van der Waals surface area contributed by atoms with Crippen molar-refractivity contribution in [1.82, 2.24) is 9.80 Å². The molecule has 1 amide bonds. The summed E-state index contributed by atoms with van der Waals surface area (Å²) in [5.41, 5.74) is 3.30. The van der Waals surface area contributed by atoms with Gasteiger partial charge < -0.3 is 24.6 Å². The molecule has 0 radical (unpaired) electrons. The van der Waals surface area contributed by atoms with Crippen LogP contribution >= 0.6 is 0 Å². The Morgan fingerprint density at radius 2 is 1.70 bits per heavy atom. The molecule has 2 heterocycles. The second-order valence-corrected chi connectivity index (χ2v) is 10.2. The fourth-order valence-electron chi connectivity index (χ4n) is 5.24. The average Bonchev–Trinajstić information content (AvgIpc) is 3.22. The topological polar surface area (TPSA) is 99.5 Å². The van der Waals surface area contributed by atoms with Gasteiger partial charge in [-0.2, -0.15) is 0 Å². The summed E-state index contributed by atoms with van der Waals surface area (Å²) >= 11 is 0. The van der Waals surface area contributed by atoms with Gasteiger partial charge in [-0.05, 0) is 60.9 Å². The van der Waals surface area contributed by atoms with Crippen LogP contribution in [-0.2, 0) is 20.9 Å². The number of morpholine rings is 1. The number of hydrogen-bond donors (Lipinski definition) is 2. The number of aromatic hydroxyl groups is 1. The minimum absolute atomic E-state index is 0.0375. The van der Waals surface area contributed by atoms with E-state index in [1.165, 1.54) is 17.0 Å². The summed E-state index contributed by atoms with van der Waals surface area (Å²) < 4.78 is 11.3. The summed E-state index contributed by atoms with van der Waals surface area (Å²) in [6.45, 7) is 6.62. The highest BCUT2D eigenvalue weighted by molar-refractivity contribution is 6.46. The molecular formula is C32H34N2O6. The predicted molar refractivity (Wildman–Crippen MR) is 151 cm³/mol. The van der Waals surface area contributed by atoms with Gasteiger partial charge in [0.15, 0.2) is 0 Å². The number of amides is 1. The Morgan fingerprint density at radius 3 is 2.40 bits per heavy atom. The van der Waals surface area contributed by atoms with Crippen LogP contribution in [0.15, 0.2) is 78.4 Å². The van der Waals surface area contributed by atoms with Crippen molar-refractivity contribution in [2.24, 2.45) is 0 Å². The molecule has 8 heteroatoms. The minimum Gasteiger partial charge on any atom is -0.508 e. The van der Waals surface area contributed by atoms with Crippen molar-refractivity contribution in [3.63, 3.8) is 0 Å². The second kappa shape index (κ2) is 12.4. The van der Waals surface area contributed by atoms with E-state index in [1.807, 2.05) is 25.1 Å². The highest BCUT2D eigenvalue weighted by Crippen LogP contribution is 2.40. The van der Waals surface area contributed by atoms with Crippen LogP contribution < -0.4 is 4.74 Å². The zero-order valence-electron chi connectivity index (χ0n) is 22.6. The maximum Gasteiger partial charge on any atom is 0.295 e. The lowest BCUT2D eigenvalue weighted by molar-refractivity contribution is -0.140. The number of carbonyl (C=O) groups excluding carboxylic acids is 2. The number of aliphatic hydroxyl groups is 1. The lowest BCUT2D eigenvalue weighted by Gasteiger charge is -2.29. The number of aliphatic hydroxyl groups excluding tert-OH is 1. The van der Waals surface area contributed by atoms with Crippen molar-refractivity contribution in [1.29, 1.82) is 0 Å². The van der Waals surface area contributed by atoms with Gasteiger partial charge in [0.2, 0.25) is 0 Å². The number of ether oxygens (including phenoxy) is 2. The Hall–Kier alpha value is -4.14. The van der Waals surface area contributed by atoms with E-state index in [2.05, 4.69) is 11.0 Å². The number of likely N-dealkylation sites (tertiary alicyclic amines) is 1. The molecule has 2 saturated heterocycles. The van der Waals surface area contributed by atoms with Gasteiger partial charge in [0.25, 0.3) is 11.7 Å². The van der Waals surface area contributed by atoms with Crippen LogP contribution in [0.5, 0.6) is 11.5 Å². The first-order valence-electron chi connectivity index (χ1n) is 13.6. The van der Waals surface area contributed by atoms with Crippen LogP contribution in [-0.4, -0.2) is 71.1 Å². The molecule has 8 nitrogen and oxygen atoms in total. The smallest absolute Gasteiger partial charge is 0.295 e. The minimum atomic E-state index is -0.762. The Kier molecular flexibility index (Phi) is 8.48. The maximum atomic E-state index is 13.3. The summed E-state index contributed by atoms with van der Waals surface area (Å²) in [5.74, 6) is -0.898. The Balaban J connectivity index is 1.38. The van der Waals surface area contributed by atoms with Gasteiger partial charge in [0, 0.05) is 31.7 Å². The molecule has 0 saturated carbocycles. The number of nitrogens with zero attached hydrogens (tertiary/aromatic N) is 2. The largest absolute Gasteiger partial charge is 0.508 e. The van der Waals surface area contributed by atoms with E-state index in [4.69, 9.17) is 9.47 Å². The zero-order chi connectivity index (χ0) is 28.1. The molecule has 1 unspecified atom stereocenters. The number of hydrogen-bond acceptors (Lipinski definition) is 7. The van der Waals surface area contributed by atoms with Crippen molar-refractivity contribution in [2.45, 2.75) is 26.0 Å². The van der Waals surface area contributed by atoms with E-state index in [0.29, 0.717) is 49.7 Å². The number of Topliss-reactive ketones (excluding diaryl/α,β-unsaturated/α-hetero) is 1. The number of phenolic OH excluding ortho intramolecular Hbond substituents is 1. The third-order valence-corrected chi connectivity index (χ3v) is 7.34. The third-order valence-electron chi connectivity index (χ3n) is 7.34. The third kappa shape index (κ3) is 6.19. The van der Waals surface area contributed by atoms with Gasteiger partial charge >= 0.3 is 0 Å². The molecule has 0 aliphatic carbocycles. The van der Waals surface area contributed by atoms with E-state index in [1.54, 1.807) is 36.4 Å². The van der Waals surface area contributed by atoms with Crippen LogP contribution in [0.2, 0.25) is 0 Å². The lowest BCUT2D eigenvalue weighted by Crippen LogP contribution is -2.38. The summed E-state index contributed by atoms with van der Waals surface area (Å²) in [7, 11) is 0. The average molecular weight is 543 g/mol. The van der Waals surface area contributed by atoms with Crippen LogP contribution in [0.25, 0.3) is 5.76 Å². The first-order chi connectivity index (χ1) is 19.4. The molecule has 2 fully saturated rings. The molecule has 2 aliphatic rings. The van der Waals surface area contributed by atoms with Gasteiger partial charge in [0.1, 0.15) is 23.9 Å². The highest BCUT2D eigenvalue weighted by Gasteiger charge is 2.45. The molecular weight excluding hydrogens is 508 g/mol. The number of carbonyl (C=O) groups is 2. The lowest BCUT2D eigenvalue weighted by atomic mass is 9.95. The van der Waals surface area contributed by atoms with Crippen molar-refractivity contribution in [3.05, 3.63) is 101 Å². The van der Waals surface area contributed by atoms with Crippen LogP contribution in [0.4, 0.5) is 0 Å². The van der Waals surface area contributed by atoms with Crippen LogP contribution in [0.3, 0.4) is 0 Å².